The number of carbonyl (C=O) groups is 1. The second kappa shape index (κ2) is 5.79. The Hall–Kier alpha value is -1.36. The van der Waals surface area contributed by atoms with Gasteiger partial charge in [0, 0.05) is 5.56 Å². The Balaban J connectivity index is 2.29. The monoisotopic (exact) mass is 299 g/mol. The maximum absolute atomic E-state index is 12.8. The number of benzene rings is 1. The molecule has 0 N–H and O–H groups in total. The SMILES string of the molecule is CN(C)C1(C(=O)c2ccc(C(F)(F)F)cc2)CCCCC1. The van der Waals surface area contributed by atoms with Crippen molar-refractivity contribution in [3.63, 3.8) is 0 Å². The molecule has 1 aromatic carbocycles. The third-order valence-electron chi connectivity index (χ3n) is 4.43. The number of ketones is 1. The number of likely N-dealkylation sites (N-methyl/N-ethyl adjacent to an activating group) is 1. The molecule has 0 saturated heterocycles. The molecule has 0 aromatic heterocycles. The average Bonchev–Trinajstić information content (AvgIpc) is 2.46. The summed E-state index contributed by atoms with van der Waals surface area (Å²) >= 11 is 0. The molecule has 0 heterocycles. The normalized spacial score (nSPS) is 18.8. The lowest BCUT2D eigenvalue weighted by molar-refractivity contribution is -0.137. The Morgan fingerprint density at radius 1 is 1.05 bits per heavy atom. The highest BCUT2D eigenvalue weighted by Gasteiger charge is 2.42. The topological polar surface area (TPSA) is 20.3 Å². The second-order valence-corrected chi connectivity index (χ2v) is 5.89. The first-order valence-corrected chi connectivity index (χ1v) is 7.17. The molecule has 21 heavy (non-hydrogen) atoms. The van der Waals surface area contributed by atoms with Gasteiger partial charge in [0.25, 0.3) is 0 Å². The number of Topliss-reactive ketones (excluding diaryl/α,β-unsaturated/α-hetero) is 1. The van der Waals surface area contributed by atoms with E-state index >= 15 is 0 Å². The van der Waals surface area contributed by atoms with E-state index in [1.165, 1.54) is 12.1 Å². The van der Waals surface area contributed by atoms with Crippen molar-refractivity contribution in [1.82, 2.24) is 4.90 Å². The van der Waals surface area contributed by atoms with Crippen LogP contribution in [0.4, 0.5) is 13.2 Å². The number of hydrogen-bond acceptors (Lipinski definition) is 2. The fraction of sp³-hybridized carbons (Fsp3) is 0.562. The van der Waals surface area contributed by atoms with E-state index in [1.807, 2.05) is 19.0 Å². The smallest absolute Gasteiger partial charge is 0.297 e. The van der Waals surface area contributed by atoms with Crippen molar-refractivity contribution in [3.05, 3.63) is 35.4 Å². The molecule has 0 atom stereocenters. The van der Waals surface area contributed by atoms with Gasteiger partial charge in [0.1, 0.15) is 0 Å². The van der Waals surface area contributed by atoms with Gasteiger partial charge in [0.15, 0.2) is 5.78 Å². The minimum atomic E-state index is -4.37. The number of halogens is 3. The summed E-state index contributed by atoms with van der Waals surface area (Å²) in [5.41, 5.74) is -0.932. The molecule has 5 heteroatoms. The van der Waals surface area contributed by atoms with E-state index in [2.05, 4.69) is 0 Å². The predicted molar refractivity (Wildman–Crippen MR) is 75.3 cm³/mol. The standard InChI is InChI=1S/C16H20F3NO/c1-20(2)15(10-4-3-5-11-15)14(21)12-6-8-13(9-7-12)16(17,18)19/h6-9H,3-5,10-11H2,1-2H3. The molecule has 0 unspecified atom stereocenters. The summed E-state index contributed by atoms with van der Waals surface area (Å²) in [6, 6.07) is 4.56. The van der Waals surface area contributed by atoms with Crippen molar-refractivity contribution < 1.29 is 18.0 Å². The predicted octanol–water partition coefficient (Wildman–Crippen LogP) is 4.15. The molecule has 1 fully saturated rings. The van der Waals surface area contributed by atoms with Crippen molar-refractivity contribution in [3.8, 4) is 0 Å². The van der Waals surface area contributed by atoms with Gasteiger partial charge in [-0.3, -0.25) is 9.69 Å². The Morgan fingerprint density at radius 3 is 2.00 bits per heavy atom. The summed E-state index contributed by atoms with van der Waals surface area (Å²) in [6.45, 7) is 0. The van der Waals surface area contributed by atoms with Gasteiger partial charge in [-0.05, 0) is 39.1 Å². The van der Waals surface area contributed by atoms with Gasteiger partial charge in [0.05, 0.1) is 11.1 Å². The van der Waals surface area contributed by atoms with Crippen LogP contribution in [0.5, 0.6) is 0 Å². The van der Waals surface area contributed by atoms with E-state index in [4.69, 9.17) is 0 Å². The van der Waals surface area contributed by atoms with E-state index in [0.717, 1.165) is 44.2 Å². The van der Waals surface area contributed by atoms with Gasteiger partial charge in [-0.25, -0.2) is 0 Å². The van der Waals surface area contributed by atoms with Crippen molar-refractivity contribution in [2.45, 2.75) is 43.8 Å². The van der Waals surface area contributed by atoms with Crippen LogP contribution in [0.2, 0.25) is 0 Å². The molecule has 0 amide bonds. The summed E-state index contributed by atoms with van der Waals surface area (Å²) in [6.07, 6.45) is 0.219. The minimum Gasteiger partial charge on any atom is -0.297 e. The molecule has 1 aromatic rings. The van der Waals surface area contributed by atoms with Gasteiger partial charge in [-0.1, -0.05) is 31.4 Å². The first-order valence-electron chi connectivity index (χ1n) is 7.17. The molecule has 2 rings (SSSR count). The van der Waals surface area contributed by atoms with Gasteiger partial charge in [0.2, 0.25) is 0 Å². The first kappa shape index (κ1) is 16.0. The number of nitrogens with zero attached hydrogens (tertiary/aromatic N) is 1. The molecule has 0 radical (unpaired) electrons. The van der Waals surface area contributed by atoms with Crippen LogP contribution < -0.4 is 0 Å². The van der Waals surface area contributed by atoms with E-state index in [-0.39, 0.29) is 5.78 Å². The quantitative estimate of drug-likeness (QED) is 0.781. The van der Waals surface area contributed by atoms with E-state index in [0.29, 0.717) is 5.56 Å². The Kier molecular flexibility index (Phi) is 4.42. The van der Waals surface area contributed by atoms with Crippen molar-refractivity contribution >= 4 is 5.78 Å². The van der Waals surface area contributed by atoms with Crippen LogP contribution in [0.25, 0.3) is 0 Å². The van der Waals surface area contributed by atoms with Crippen molar-refractivity contribution in [2.75, 3.05) is 14.1 Å². The fourth-order valence-electron chi connectivity index (χ4n) is 3.09. The molecular formula is C16H20F3NO. The molecule has 0 spiro atoms. The van der Waals surface area contributed by atoms with Gasteiger partial charge >= 0.3 is 6.18 Å². The van der Waals surface area contributed by atoms with Gasteiger partial charge in [-0.2, -0.15) is 13.2 Å². The zero-order valence-corrected chi connectivity index (χ0v) is 12.3. The second-order valence-electron chi connectivity index (χ2n) is 5.89. The summed E-state index contributed by atoms with van der Waals surface area (Å²) in [5, 5.41) is 0. The fourth-order valence-corrected chi connectivity index (χ4v) is 3.09. The van der Waals surface area contributed by atoms with E-state index < -0.39 is 17.3 Å². The Labute approximate surface area is 122 Å². The first-order chi connectivity index (χ1) is 9.77. The minimum absolute atomic E-state index is 0.0686. The van der Waals surface area contributed by atoms with Crippen LogP contribution in [0.1, 0.15) is 48.0 Å². The van der Waals surface area contributed by atoms with E-state index in [9.17, 15) is 18.0 Å². The number of hydrogen-bond donors (Lipinski definition) is 0. The lowest BCUT2D eigenvalue weighted by atomic mass is 9.75. The molecule has 1 aliphatic rings. The van der Waals surface area contributed by atoms with Gasteiger partial charge < -0.3 is 0 Å². The molecule has 0 bridgehead atoms. The van der Waals surface area contributed by atoms with Crippen LogP contribution >= 0.6 is 0 Å². The van der Waals surface area contributed by atoms with Crippen LogP contribution in [0, 0.1) is 0 Å². The van der Waals surface area contributed by atoms with Gasteiger partial charge in [-0.15, -0.1) is 0 Å². The number of rotatable bonds is 3. The third kappa shape index (κ3) is 3.12. The maximum atomic E-state index is 12.8. The Bertz CT molecular complexity index is 499. The molecule has 0 aliphatic heterocycles. The summed E-state index contributed by atoms with van der Waals surface area (Å²) in [5.74, 6) is -0.0686. The summed E-state index contributed by atoms with van der Waals surface area (Å²) < 4.78 is 37.8. The molecular weight excluding hydrogens is 279 g/mol. The molecule has 1 saturated carbocycles. The zero-order valence-electron chi connectivity index (χ0n) is 12.3. The zero-order chi connectivity index (χ0) is 15.7. The van der Waals surface area contributed by atoms with Crippen molar-refractivity contribution in [2.24, 2.45) is 0 Å². The van der Waals surface area contributed by atoms with Crippen LogP contribution in [-0.4, -0.2) is 30.3 Å². The number of alkyl halides is 3. The lowest BCUT2D eigenvalue weighted by Gasteiger charge is -2.41. The van der Waals surface area contributed by atoms with Crippen LogP contribution in [-0.2, 0) is 6.18 Å². The largest absolute Gasteiger partial charge is 0.416 e. The highest BCUT2D eigenvalue weighted by atomic mass is 19.4. The highest BCUT2D eigenvalue weighted by molar-refractivity contribution is 6.03. The summed E-state index contributed by atoms with van der Waals surface area (Å²) in [7, 11) is 3.74. The third-order valence-corrected chi connectivity index (χ3v) is 4.43. The lowest BCUT2D eigenvalue weighted by Crippen LogP contribution is -2.52. The maximum Gasteiger partial charge on any atom is 0.416 e. The molecule has 116 valence electrons. The van der Waals surface area contributed by atoms with E-state index in [1.54, 1.807) is 0 Å². The summed E-state index contributed by atoms with van der Waals surface area (Å²) in [4.78, 5) is 14.7. The van der Waals surface area contributed by atoms with Crippen LogP contribution in [0.3, 0.4) is 0 Å². The number of carbonyl (C=O) groups excluding carboxylic acids is 1. The highest BCUT2D eigenvalue weighted by Crippen LogP contribution is 2.36. The molecule has 2 nitrogen and oxygen atoms in total. The van der Waals surface area contributed by atoms with Crippen molar-refractivity contribution in [1.29, 1.82) is 0 Å². The Morgan fingerprint density at radius 2 is 1.57 bits per heavy atom. The average molecular weight is 299 g/mol. The van der Waals surface area contributed by atoms with Crippen LogP contribution in [0.15, 0.2) is 24.3 Å². The molecule has 1 aliphatic carbocycles.